The van der Waals surface area contributed by atoms with E-state index in [1.165, 1.54) is 0 Å². The van der Waals surface area contributed by atoms with Gasteiger partial charge in [0.15, 0.2) is 5.82 Å². The van der Waals surface area contributed by atoms with E-state index in [0.717, 1.165) is 18.8 Å². The zero-order valence-corrected chi connectivity index (χ0v) is 9.87. The van der Waals surface area contributed by atoms with Gasteiger partial charge in [0.1, 0.15) is 4.75 Å². The van der Waals surface area contributed by atoms with Gasteiger partial charge < -0.3 is 5.32 Å². The van der Waals surface area contributed by atoms with Crippen LogP contribution in [0.4, 0.5) is 10.3 Å². The molecule has 0 atom stereocenters. The highest BCUT2D eigenvalue weighted by atomic mass is 32.2. The predicted molar refractivity (Wildman–Crippen MR) is 60.2 cm³/mol. The fourth-order valence-corrected chi connectivity index (χ4v) is 2.91. The van der Waals surface area contributed by atoms with Crippen LogP contribution in [-0.4, -0.2) is 29.7 Å². The highest BCUT2D eigenvalue weighted by Crippen LogP contribution is 2.37. The first-order valence-electron chi connectivity index (χ1n) is 5.17. The molecule has 0 amide bonds. The van der Waals surface area contributed by atoms with Crippen LogP contribution in [0, 0.1) is 5.82 Å². The molecular formula is C9H13FN4O2S. The average molecular weight is 260 g/mol. The summed E-state index contributed by atoms with van der Waals surface area (Å²) in [5, 5.41) is 7.97. The van der Waals surface area contributed by atoms with E-state index in [0.29, 0.717) is 12.8 Å². The quantitative estimate of drug-likeness (QED) is 0.808. The van der Waals surface area contributed by atoms with Gasteiger partial charge in [-0.3, -0.25) is 0 Å². The van der Waals surface area contributed by atoms with Crippen LogP contribution in [0.15, 0.2) is 12.4 Å². The molecule has 0 aliphatic heterocycles. The summed E-state index contributed by atoms with van der Waals surface area (Å²) >= 11 is 0. The molecule has 6 nitrogen and oxygen atoms in total. The summed E-state index contributed by atoms with van der Waals surface area (Å²) < 4.78 is 34.5. The van der Waals surface area contributed by atoms with Crippen molar-refractivity contribution in [3.63, 3.8) is 0 Å². The van der Waals surface area contributed by atoms with Gasteiger partial charge in [-0.15, -0.1) is 0 Å². The van der Waals surface area contributed by atoms with Crippen molar-refractivity contribution in [2.24, 2.45) is 5.14 Å². The summed E-state index contributed by atoms with van der Waals surface area (Å²) in [7, 11) is -3.60. The van der Waals surface area contributed by atoms with E-state index >= 15 is 0 Å². The topological polar surface area (TPSA) is 98.0 Å². The minimum Gasteiger partial charge on any atom is -0.353 e. The average Bonchev–Trinajstić information content (AvgIpc) is 2.17. The Balaban J connectivity index is 2.04. The lowest BCUT2D eigenvalue weighted by molar-refractivity contribution is 0.351. The first-order valence-corrected chi connectivity index (χ1v) is 6.71. The molecule has 0 unspecified atom stereocenters. The van der Waals surface area contributed by atoms with Crippen LogP contribution in [-0.2, 0) is 10.0 Å². The number of hydrogen-bond acceptors (Lipinski definition) is 5. The van der Waals surface area contributed by atoms with Crippen molar-refractivity contribution in [3.8, 4) is 0 Å². The number of aromatic nitrogens is 2. The molecule has 1 aliphatic rings. The number of primary sulfonamides is 1. The van der Waals surface area contributed by atoms with Crippen molar-refractivity contribution in [2.45, 2.75) is 24.0 Å². The van der Waals surface area contributed by atoms with Crippen LogP contribution in [0.5, 0.6) is 0 Å². The summed E-state index contributed by atoms with van der Waals surface area (Å²) in [4.78, 5) is 7.38. The molecule has 17 heavy (non-hydrogen) atoms. The largest absolute Gasteiger partial charge is 0.353 e. The zero-order valence-electron chi connectivity index (χ0n) is 9.06. The molecule has 2 rings (SSSR count). The van der Waals surface area contributed by atoms with E-state index in [1.54, 1.807) is 0 Å². The summed E-state index contributed by atoms with van der Waals surface area (Å²) in [6, 6.07) is 0. The van der Waals surface area contributed by atoms with Crippen LogP contribution in [0.25, 0.3) is 0 Å². The van der Waals surface area contributed by atoms with E-state index in [1.807, 2.05) is 0 Å². The highest BCUT2D eigenvalue weighted by molar-refractivity contribution is 7.90. The molecular weight excluding hydrogens is 247 g/mol. The van der Waals surface area contributed by atoms with E-state index in [4.69, 9.17) is 5.14 Å². The van der Waals surface area contributed by atoms with Gasteiger partial charge in [-0.1, -0.05) is 6.42 Å². The number of nitrogens with two attached hydrogens (primary N) is 1. The number of nitrogens with zero attached hydrogens (tertiary/aromatic N) is 2. The maximum atomic E-state index is 12.6. The maximum Gasteiger partial charge on any atom is 0.222 e. The van der Waals surface area contributed by atoms with Gasteiger partial charge in [-0.25, -0.2) is 27.9 Å². The number of nitrogens with one attached hydrogen (secondary N) is 1. The van der Waals surface area contributed by atoms with Crippen molar-refractivity contribution in [1.29, 1.82) is 0 Å². The van der Waals surface area contributed by atoms with Gasteiger partial charge in [0.25, 0.3) is 0 Å². The molecule has 1 aromatic heterocycles. The Kier molecular flexibility index (Phi) is 3.00. The molecule has 1 aromatic rings. The molecule has 94 valence electrons. The number of sulfonamides is 1. The van der Waals surface area contributed by atoms with Crippen molar-refractivity contribution >= 4 is 16.0 Å². The van der Waals surface area contributed by atoms with Crippen LogP contribution >= 0.6 is 0 Å². The Morgan fingerprint density at radius 1 is 1.41 bits per heavy atom. The number of anilines is 1. The lowest BCUT2D eigenvalue weighted by atomic mass is 9.84. The predicted octanol–water partition coefficient (Wildman–Crippen LogP) is 0.239. The molecule has 1 heterocycles. The third-order valence-electron chi connectivity index (χ3n) is 3.06. The second-order valence-corrected chi connectivity index (χ2v) is 6.12. The van der Waals surface area contributed by atoms with Gasteiger partial charge in [0.2, 0.25) is 16.0 Å². The highest BCUT2D eigenvalue weighted by Gasteiger charge is 2.47. The van der Waals surface area contributed by atoms with Crippen LogP contribution in [0.1, 0.15) is 19.3 Å². The van der Waals surface area contributed by atoms with Crippen LogP contribution in [0.2, 0.25) is 0 Å². The van der Waals surface area contributed by atoms with Crippen LogP contribution in [0.3, 0.4) is 0 Å². The van der Waals surface area contributed by atoms with Crippen molar-refractivity contribution in [3.05, 3.63) is 18.2 Å². The molecule has 1 saturated carbocycles. The molecule has 3 N–H and O–H groups in total. The summed E-state index contributed by atoms with van der Waals surface area (Å²) in [5.41, 5.74) is 0. The van der Waals surface area contributed by atoms with Crippen LogP contribution < -0.4 is 10.5 Å². The Bertz CT molecular complexity index is 498. The standard InChI is InChI=1S/C9H13FN4O2S/c10-7-4-12-8(13-5-7)14-6-9(2-1-3-9)17(11,15)16/h4-5H,1-3,6H2,(H2,11,15,16)(H,12,13,14). The third-order valence-corrected chi connectivity index (χ3v) is 4.82. The SMILES string of the molecule is NS(=O)(=O)C1(CNc2ncc(F)cn2)CCC1. The molecule has 0 bridgehead atoms. The minimum atomic E-state index is -3.60. The third kappa shape index (κ3) is 2.37. The monoisotopic (exact) mass is 260 g/mol. The van der Waals surface area contributed by atoms with E-state index in [9.17, 15) is 12.8 Å². The molecule has 1 aliphatic carbocycles. The molecule has 1 fully saturated rings. The van der Waals surface area contributed by atoms with Gasteiger partial charge >= 0.3 is 0 Å². The second-order valence-electron chi connectivity index (χ2n) is 4.16. The van der Waals surface area contributed by atoms with E-state index < -0.39 is 20.6 Å². The lowest BCUT2D eigenvalue weighted by Gasteiger charge is -2.39. The lowest BCUT2D eigenvalue weighted by Crippen LogP contribution is -2.53. The van der Waals surface area contributed by atoms with Gasteiger partial charge in [0.05, 0.1) is 12.4 Å². The Morgan fingerprint density at radius 2 is 2.00 bits per heavy atom. The zero-order chi connectivity index (χ0) is 12.5. The van der Waals surface area contributed by atoms with E-state index in [2.05, 4.69) is 15.3 Å². The first kappa shape index (κ1) is 12.2. The summed E-state index contributed by atoms with van der Waals surface area (Å²) in [5.74, 6) is -0.346. The smallest absolute Gasteiger partial charge is 0.222 e. The first-order chi connectivity index (χ1) is 7.93. The van der Waals surface area contributed by atoms with Crippen molar-refractivity contribution < 1.29 is 12.8 Å². The number of rotatable bonds is 4. The van der Waals surface area contributed by atoms with Gasteiger partial charge in [-0.05, 0) is 12.8 Å². The van der Waals surface area contributed by atoms with Crippen molar-refractivity contribution in [1.82, 2.24) is 9.97 Å². The Labute approximate surface area is 98.5 Å². The Hall–Kier alpha value is -1.28. The summed E-state index contributed by atoms with van der Waals surface area (Å²) in [6.07, 6.45) is 3.92. The van der Waals surface area contributed by atoms with E-state index in [-0.39, 0.29) is 12.5 Å². The number of hydrogen-bond donors (Lipinski definition) is 2. The maximum absolute atomic E-state index is 12.6. The fourth-order valence-electron chi connectivity index (χ4n) is 1.78. The minimum absolute atomic E-state index is 0.150. The Morgan fingerprint density at radius 3 is 2.41 bits per heavy atom. The molecule has 0 aromatic carbocycles. The molecule has 0 radical (unpaired) electrons. The number of halogens is 1. The van der Waals surface area contributed by atoms with Gasteiger partial charge in [-0.2, -0.15) is 0 Å². The van der Waals surface area contributed by atoms with Crippen molar-refractivity contribution in [2.75, 3.05) is 11.9 Å². The molecule has 0 saturated heterocycles. The fraction of sp³-hybridized carbons (Fsp3) is 0.556. The normalized spacial score (nSPS) is 18.5. The van der Waals surface area contributed by atoms with Gasteiger partial charge in [0, 0.05) is 6.54 Å². The second kappa shape index (κ2) is 4.19. The molecule has 8 heteroatoms. The summed E-state index contributed by atoms with van der Waals surface area (Å²) in [6.45, 7) is 0.150. The molecule has 0 spiro atoms.